The van der Waals surface area contributed by atoms with Crippen LogP contribution in [0.2, 0.25) is 5.15 Å². The highest BCUT2D eigenvalue weighted by Gasteiger charge is 2.20. The zero-order chi connectivity index (χ0) is 13.2. The van der Waals surface area contributed by atoms with Crippen LogP contribution in [0.3, 0.4) is 0 Å². The smallest absolute Gasteiger partial charge is 0.136 e. The third kappa shape index (κ3) is 2.37. The largest absolute Gasteiger partial charge is 0.236 e. The molecule has 98 valence electrons. The molecule has 0 saturated heterocycles. The molecule has 0 aliphatic heterocycles. The lowest BCUT2D eigenvalue weighted by molar-refractivity contribution is 0.420. The lowest BCUT2D eigenvalue weighted by atomic mass is 9.79. The highest BCUT2D eigenvalue weighted by Crippen LogP contribution is 2.38. The Morgan fingerprint density at radius 1 is 1.26 bits per heavy atom. The second-order valence-electron chi connectivity index (χ2n) is 5.10. The van der Waals surface area contributed by atoms with Crippen LogP contribution in [-0.4, -0.2) is 9.97 Å². The number of aromatic nitrogens is 2. The Morgan fingerprint density at radius 2 is 2.11 bits per heavy atom. The Hall–Kier alpha value is -1.41. The minimum atomic E-state index is 0.571. The first-order valence-corrected chi connectivity index (χ1v) is 7.27. The second-order valence-corrected chi connectivity index (χ2v) is 5.46. The Balaban J connectivity index is 2.04. The summed E-state index contributed by atoms with van der Waals surface area (Å²) in [5.41, 5.74) is 4.60. The predicted octanol–water partition coefficient (Wildman–Crippen LogP) is 4.63. The third-order valence-corrected chi connectivity index (χ3v) is 4.31. The number of nitrogens with zero attached hydrogens (tertiary/aromatic N) is 2. The van der Waals surface area contributed by atoms with Gasteiger partial charge in [0.2, 0.25) is 0 Å². The summed E-state index contributed by atoms with van der Waals surface area (Å²) in [7, 11) is 0. The zero-order valence-electron chi connectivity index (χ0n) is 11.1. The van der Waals surface area contributed by atoms with Crippen LogP contribution in [0.4, 0.5) is 0 Å². The molecular weight excluding hydrogens is 256 g/mol. The summed E-state index contributed by atoms with van der Waals surface area (Å²) in [4.78, 5) is 8.50. The van der Waals surface area contributed by atoms with Crippen molar-refractivity contribution in [2.45, 2.75) is 38.5 Å². The molecule has 1 aliphatic carbocycles. The van der Waals surface area contributed by atoms with Crippen molar-refractivity contribution >= 4 is 11.6 Å². The standard InChI is InChI=1S/C16H17ClN2/c1-2-14-15(18-10-19-16(14)17)13-8-4-7-12(9-13)11-5-3-6-11/h4,7-11H,2-3,5-6H2,1H3. The minimum Gasteiger partial charge on any atom is -0.236 e. The molecule has 0 amide bonds. The summed E-state index contributed by atoms with van der Waals surface area (Å²) in [6, 6.07) is 8.72. The molecule has 3 heteroatoms. The van der Waals surface area contributed by atoms with Gasteiger partial charge in [0.1, 0.15) is 11.5 Å². The molecule has 1 aliphatic rings. The van der Waals surface area contributed by atoms with E-state index < -0.39 is 0 Å². The maximum atomic E-state index is 6.17. The molecule has 0 bridgehead atoms. The molecule has 1 aromatic heterocycles. The van der Waals surface area contributed by atoms with Gasteiger partial charge in [0.15, 0.2) is 0 Å². The van der Waals surface area contributed by atoms with E-state index in [9.17, 15) is 0 Å². The molecule has 1 heterocycles. The average Bonchev–Trinajstić information content (AvgIpc) is 2.37. The summed E-state index contributed by atoms with van der Waals surface area (Å²) < 4.78 is 0. The second kappa shape index (κ2) is 5.30. The maximum absolute atomic E-state index is 6.17. The van der Waals surface area contributed by atoms with Crippen molar-refractivity contribution < 1.29 is 0 Å². The van der Waals surface area contributed by atoms with Crippen molar-refractivity contribution in [2.24, 2.45) is 0 Å². The van der Waals surface area contributed by atoms with Crippen LogP contribution in [-0.2, 0) is 6.42 Å². The van der Waals surface area contributed by atoms with E-state index in [4.69, 9.17) is 11.6 Å². The lowest BCUT2D eigenvalue weighted by Crippen LogP contribution is -2.08. The number of rotatable bonds is 3. The van der Waals surface area contributed by atoms with Gasteiger partial charge in [-0.25, -0.2) is 9.97 Å². The van der Waals surface area contributed by atoms with Crippen LogP contribution in [0.1, 0.15) is 43.2 Å². The fourth-order valence-electron chi connectivity index (χ4n) is 2.63. The van der Waals surface area contributed by atoms with Crippen molar-refractivity contribution in [3.63, 3.8) is 0 Å². The summed E-state index contributed by atoms with van der Waals surface area (Å²) in [6.45, 7) is 2.09. The first-order valence-electron chi connectivity index (χ1n) is 6.89. The van der Waals surface area contributed by atoms with Crippen molar-refractivity contribution in [3.8, 4) is 11.3 Å². The van der Waals surface area contributed by atoms with Gasteiger partial charge < -0.3 is 0 Å². The molecular formula is C16H17ClN2. The normalized spacial score (nSPS) is 15.3. The van der Waals surface area contributed by atoms with Crippen LogP contribution >= 0.6 is 11.6 Å². The van der Waals surface area contributed by atoms with Gasteiger partial charge in [-0.05, 0) is 36.8 Å². The zero-order valence-corrected chi connectivity index (χ0v) is 11.8. The highest BCUT2D eigenvalue weighted by atomic mass is 35.5. The molecule has 2 aromatic rings. The third-order valence-electron chi connectivity index (χ3n) is 3.98. The van der Waals surface area contributed by atoms with Gasteiger partial charge in [0.05, 0.1) is 5.69 Å². The molecule has 1 saturated carbocycles. The van der Waals surface area contributed by atoms with Crippen LogP contribution in [0.15, 0.2) is 30.6 Å². The number of halogens is 1. The fraction of sp³-hybridized carbons (Fsp3) is 0.375. The van der Waals surface area contributed by atoms with E-state index in [1.807, 2.05) is 0 Å². The Kier molecular flexibility index (Phi) is 3.52. The van der Waals surface area contributed by atoms with E-state index in [2.05, 4.69) is 41.2 Å². The topological polar surface area (TPSA) is 25.8 Å². The van der Waals surface area contributed by atoms with Gasteiger partial charge in [0.25, 0.3) is 0 Å². The lowest BCUT2D eigenvalue weighted by Gasteiger charge is -2.26. The van der Waals surface area contributed by atoms with Crippen LogP contribution in [0.5, 0.6) is 0 Å². The van der Waals surface area contributed by atoms with E-state index in [0.29, 0.717) is 5.15 Å². The van der Waals surface area contributed by atoms with E-state index in [0.717, 1.165) is 29.2 Å². The highest BCUT2D eigenvalue weighted by molar-refractivity contribution is 6.30. The summed E-state index contributed by atoms with van der Waals surface area (Å²) in [5.74, 6) is 0.738. The fourth-order valence-corrected chi connectivity index (χ4v) is 2.90. The van der Waals surface area contributed by atoms with Gasteiger partial charge in [-0.3, -0.25) is 0 Å². The number of hydrogen-bond acceptors (Lipinski definition) is 2. The minimum absolute atomic E-state index is 0.571. The molecule has 0 N–H and O–H groups in total. The molecule has 1 fully saturated rings. The van der Waals surface area contributed by atoms with E-state index in [-0.39, 0.29) is 0 Å². The molecule has 0 radical (unpaired) electrons. The molecule has 0 atom stereocenters. The molecule has 1 aromatic carbocycles. The van der Waals surface area contributed by atoms with Gasteiger partial charge in [0, 0.05) is 11.1 Å². The first kappa shape index (κ1) is 12.6. The number of hydrogen-bond donors (Lipinski definition) is 0. The van der Waals surface area contributed by atoms with Gasteiger partial charge in [-0.1, -0.05) is 43.1 Å². The van der Waals surface area contributed by atoms with Crippen molar-refractivity contribution in [1.82, 2.24) is 9.97 Å². The van der Waals surface area contributed by atoms with Crippen LogP contribution < -0.4 is 0 Å². The summed E-state index contributed by atoms with van der Waals surface area (Å²) in [5, 5.41) is 0.571. The van der Waals surface area contributed by atoms with Gasteiger partial charge >= 0.3 is 0 Å². The summed E-state index contributed by atoms with van der Waals surface area (Å²) in [6.07, 6.45) is 6.38. The van der Waals surface area contributed by atoms with E-state index in [1.54, 1.807) is 6.33 Å². The van der Waals surface area contributed by atoms with Crippen molar-refractivity contribution in [3.05, 3.63) is 46.9 Å². The average molecular weight is 273 g/mol. The van der Waals surface area contributed by atoms with Gasteiger partial charge in [-0.15, -0.1) is 0 Å². The first-order chi connectivity index (χ1) is 9.29. The molecule has 3 rings (SSSR count). The van der Waals surface area contributed by atoms with Crippen LogP contribution in [0.25, 0.3) is 11.3 Å². The quantitative estimate of drug-likeness (QED) is 0.762. The molecule has 2 nitrogen and oxygen atoms in total. The predicted molar refractivity (Wildman–Crippen MR) is 78.4 cm³/mol. The Morgan fingerprint density at radius 3 is 2.79 bits per heavy atom. The molecule has 0 unspecified atom stereocenters. The SMILES string of the molecule is CCc1c(Cl)ncnc1-c1cccc(C2CCC2)c1. The Labute approximate surface area is 118 Å². The van der Waals surface area contributed by atoms with Crippen molar-refractivity contribution in [1.29, 1.82) is 0 Å². The van der Waals surface area contributed by atoms with E-state index >= 15 is 0 Å². The Bertz CT molecular complexity index is 591. The van der Waals surface area contributed by atoms with Crippen LogP contribution in [0, 0.1) is 0 Å². The van der Waals surface area contributed by atoms with Crippen molar-refractivity contribution in [2.75, 3.05) is 0 Å². The number of benzene rings is 1. The maximum Gasteiger partial charge on any atom is 0.136 e. The summed E-state index contributed by atoms with van der Waals surface area (Å²) >= 11 is 6.17. The van der Waals surface area contributed by atoms with Gasteiger partial charge in [-0.2, -0.15) is 0 Å². The van der Waals surface area contributed by atoms with E-state index in [1.165, 1.54) is 24.8 Å². The monoisotopic (exact) mass is 272 g/mol. The molecule has 0 spiro atoms. The molecule has 19 heavy (non-hydrogen) atoms.